The highest BCUT2D eigenvalue weighted by molar-refractivity contribution is 7.53. The van der Waals surface area contributed by atoms with Crippen LogP contribution in [0.2, 0.25) is 0 Å². The molecule has 34 heavy (non-hydrogen) atoms. The van der Waals surface area contributed by atoms with E-state index in [1.807, 2.05) is 12.3 Å². The van der Waals surface area contributed by atoms with Crippen molar-refractivity contribution >= 4 is 18.5 Å². The summed E-state index contributed by atoms with van der Waals surface area (Å²) < 4.78 is 43.0. The molecule has 1 heterocycles. The van der Waals surface area contributed by atoms with E-state index in [1.54, 1.807) is 21.0 Å². The van der Waals surface area contributed by atoms with Crippen molar-refractivity contribution in [1.82, 2.24) is 4.57 Å². The minimum atomic E-state index is -3.18. The Morgan fingerprint density at radius 1 is 1.06 bits per heavy atom. The first kappa shape index (κ1) is 27.2. The Labute approximate surface area is 204 Å². The van der Waals surface area contributed by atoms with Gasteiger partial charge in [-0.3, -0.25) is 4.57 Å². The Bertz CT molecular complexity index is 942. The van der Waals surface area contributed by atoms with E-state index in [0.29, 0.717) is 32.3 Å². The smallest absolute Gasteiger partial charge is 0.356 e. The van der Waals surface area contributed by atoms with Gasteiger partial charge in [0.05, 0.1) is 25.9 Å². The highest BCUT2D eigenvalue weighted by atomic mass is 31.2. The van der Waals surface area contributed by atoms with Crippen LogP contribution in [-0.4, -0.2) is 50.1 Å². The molecule has 1 aliphatic carbocycles. The molecule has 0 bridgehead atoms. The maximum atomic E-state index is 12.5. The van der Waals surface area contributed by atoms with Crippen molar-refractivity contribution < 1.29 is 27.8 Å². The van der Waals surface area contributed by atoms with Gasteiger partial charge in [0.1, 0.15) is 18.2 Å². The summed E-state index contributed by atoms with van der Waals surface area (Å²) in [7, 11) is -1.39. The number of ether oxygens (including phenoxy) is 3. The lowest BCUT2D eigenvalue weighted by Crippen LogP contribution is -2.42. The molecule has 8 heteroatoms. The molecule has 0 radical (unpaired) electrons. The minimum Gasteiger partial charge on any atom is -0.488 e. The standard InChI is InChI=1S/C26H42NO6P/c1-7-31-34(28,32-8-2)19-30-16-15-27-14-13-20-17-22(10-11-23(20)27)33-24-12-9-21(26(3,4)5)18-25(24)29-6/h10-11,13-14,17,21,24-25H,7-9,12,15-16,18-19H2,1-6H3/t21?,24-,25-/m1/s1. The zero-order chi connectivity index (χ0) is 24.8. The highest BCUT2D eigenvalue weighted by Crippen LogP contribution is 2.47. The fourth-order valence-electron chi connectivity index (χ4n) is 4.74. The van der Waals surface area contributed by atoms with Crippen molar-refractivity contribution in [2.75, 3.05) is 33.3 Å². The molecule has 0 saturated heterocycles. The van der Waals surface area contributed by atoms with Gasteiger partial charge in [-0.1, -0.05) is 20.8 Å². The highest BCUT2D eigenvalue weighted by Gasteiger charge is 2.37. The van der Waals surface area contributed by atoms with E-state index in [0.717, 1.165) is 35.9 Å². The molecule has 0 aliphatic heterocycles. The van der Waals surface area contributed by atoms with Gasteiger partial charge in [0.25, 0.3) is 0 Å². The molecule has 2 aromatic rings. The molecule has 0 spiro atoms. The van der Waals surface area contributed by atoms with Crippen LogP contribution >= 0.6 is 7.60 Å². The van der Waals surface area contributed by atoms with Crippen LogP contribution < -0.4 is 4.74 Å². The fourth-order valence-corrected chi connectivity index (χ4v) is 6.10. The monoisotopic (exact) mass is 495 g/mol. The van der Waals surface area contributed by atoms with Crippen molar-refractivity contribution in [3.63, 3.8) is 0 Å². The van der Waals surface area contributed by atoms with Crippen molar-refractivity contribution in [1.29, 1.82) is 0 Å². The van der Waals surface area contributed by atoms with Crippen molar-refractivity contribution in [3.8, 4) is 5.75 Å². The van der Waals surface area contributed by atoms with Crippen LogP contribution in [0.5, 0.6) is 5.75 Å². The second-order valence-corrected chi connectivity index (χ2v) is 12.0. The predicted octanol–water partition coefficient (Wildman–Crippen LogP) is 6.49. The van der Waals surface area contributed by atoms with Crippen LogP contribution in [0.3, 0.4) is 0 Å². The first-order valence-corrected chi connectivity index (χ1v) is 14.2. The lowest BCUT2D eigenvalue weighted by Gasteiger charge is -2.41. The number of hydrogen-bond donors (Lipinski definition) is 0. The quantitative estimate of drug-likeness (QED) is 0.248. The zero-order valence-electron chi connectivity index (χ0n) is 21.6. The van der Waals surface area contributed by atoms with Crippen molar-refractivity contribution in [3.05, 3.63) is 30.5 Å². The average Bonchev–Trinajstić information content (AvgIpc) is 3.19. The number of rotatable bonds is 12. The SMILES string of the molecule is CCOP(=O)(COCCn1ccc2cc(O[C@@H]3CCC(C(C)(C)C)C[C@H]3OC)ccc21)OCC. The molecule has 3 rings (SSSR count). The van der Waals surface area contributed by atoms with E-state index in [-0.39, 0.29) is 24.0 Å². The molecule has 192 valence electrons. The summed E-state index contributed by atoms with van der Waals surface area (Å²) in [6.07, 6.45) is 5.38. The molecule has 7 nitrogen and oxygen atoms in total. The Balaban J connectivity index is 1.57. The summed E-state index contributed by atoms with van der Waals surface area (Å²) in [5, 5.41) is 1.11. The number of benzene rings is 1. The number of nitrogens with zero attached hydrogens (tertiary/aromatic N) is 1. The van der Waals surface area contributed by atoms with Gasteiger partial charge in [-0.25, -0.2) is 0 Å². The first-order valence-electron chi connectivity index (χ1n) is 12.4. The summed E-state index contributed by atoms with van der Waals surface area (Å²) in [5.74, 6) is 1.52. The van der Waals surface area contributed by atoms with Crippen LogP contribution in [0.25, 0.3) is 10.9 Å². The van der Waals surface area contributed by atoms with E-state index in [2.05, 4.69) is 43.5 Å². The lowest BCUT2D eigenvalue weighted by molar-refractivity contribution is -0.0540. The van der Waals surface area contributed by atoms with E-state index in [4.69, 9.17) is 23.3 Å². The first-order chi connectivity index (χ1) is 16.2. The Hall–Kier alpha value is -1.37. The minimum absolute atomic E-state index is 0.0377. The molecule has 1 unspecified atom stereocenters. The topological polar surface area (TPSA) is 68.2 Å². The van der Waals surface area contributed by atoms with E-state index in [1.165, 1.54) is 0 Å². The summed E-state index contributed by atoms with van der Waals surface area (Å²) >= 11 is 0. The largest absolute Gasteiger partial charge is 0.488 e. The third-order valence-corrected chi connectivity index (χ3v) is 8.47. The molecule has 1 aromatic carbocycles. The normalized spacial score (nSPS) is 21.8. The Morgan fingerprint density at radius 3 is 2.44 bits per heavy atom. The number of aromatic nitrogens is 1. The summed E-state index contributed by atoms with van der Waals surface area (Å²) in [4.78, 5) is 0. The predicted molar refractivity (Wildman–Crippen MR) is 136 cm³/mol. The Morgan fingerprint density at radius 2 is 1.79 bits per heavy atom. The van der Waals surface area contributed by atoms with Gasteiger partial charge >= 0.3 is 7.60 Å². The van der Waals surface area contributed by atoms with Crippen LogP contribution in [-0.2, 0) is 29.6 Å². The average molecular weight is 496 g/mol. The van der Waals surface area contributed by atoms with Crippen LogP contribution in [0, 0.1) is 11.3 Å². The lowest BCUT2D eigenvalue weighted by atomic mass is 9.71. The van der Waals surface area contributed by atoms with Gasteiger partial charge in [-0.05, 0) is 68.7 Å². The van der Waals surface area contributed by atoms with E-state index in [9.17, 15) is 4.57 Å². The van der Waals surface area contributed by atoms with Gasteiger partial charge in [-0.15, -0.1) is 0 Å². The van der Waals surface area contributed by atoms with Gasteiger partial charge in [0.2, 0.25) is 0 Å². The molecular weight excluding hydrogens is 453 g/mol. The van der Waals surface area contributed by atoms with Gasteiger partial charge in [0.15, 0.2) is 0 Å². The number of fused-ring (bicyclic) bond motifs is 1. The molecule has 0 N–H and O–H groups in total. The zero-order valence-corrected chi connectivity index (χ0v) is 22.5. The van der Waals surface area contributed by atoms with Crippen molar-refractivity contribution in [2.45, 2.75) is 72.6 Å². The Kier molecular flexibility index (Phi) is 9.65. The molecule has 1 fully saturated rings. The van der Waals surface area contributed by atoms with E-state index < -0.39 is 7.60 Å². The second-order valence-electron chi connectivity index (χ2n) is 10.0. The van der Waals surface area contributed by atoms with Crippen LogP contribution in [0.1, 0.15) is 53.9 Å². The van der Waals surface area contributed by atoms with Crippen LogP contribution in [0.15, 0.2) is 30.5 Å². The van der Waals surface area contributed by atoms with Crippen molar-refractivity contribution in [2.24, 2.45) is 11.3 Å². The summed E-state index contributed by atoms with van der Waals surface area (Å²) in [6, 6.07) is 8.28. The maximum Gasteiger partial charge on any atom is 0.356 e. The number of hydrogen-bond acceptors (Lipinski definition) is 6. The van der Waals surface area contributed by atoms with Gasteiger partial charge < -0.3 is 27.8 Å². The summed E-state index contributed by atoms with van der Waals surface area (Å²) in [6.45, 7) is 12.2. The molecule has 1 aliphatic rings. The number of methoxy groups -OCH3 is 1. The molecule has 3 atom stereocenters. The second kappa shape index (κ2) is 12.0. The third kappa shape index (κ3) is 7.08. The molecule has 0 amide bonds. The van der Waals surface area contributed by atoms with Crippen LogP contribution in [0.4, 0.5) is 0 Å². The van der Waals surface area contributed by atoms with E-state index >= 15 is 0 Å². The molecular formula is C26H42NO6P. The van der Waals surface area contributed by atoms with Gasteiger partial charge in [-0.2, -0.15) is 0 Å². The fraction of sp³-hybridized carbons (Fsp3) is 0.692. The maximum absolute atomic E-state index is 12.5. The summed E-state index contributed by atoms with van der Waals surface area (Å²) in [5.41, 5.74) is 1.39. The third-order valence-electron chi connectivity index (χ3n) is 6.67. The molecule has 1 aromatic heterocycles. The molecule has 1 saturated carbocycles. The van der Waals surface area contributed by atoms with Gasteiger partial charge in [0, 0.05) is 30.8 Å².